The van der Waals surface area contributed by atoms with E-state index in [1.807, 2.05) is 30.3 Å². The predicted molar refractivity (Wildman–Crippen MR) is 103 cm³/mol. The zero-order chi connectivity index (χ0) is 20.1. The Balaban J connectivity index is 1.82. The van der Waals surface area contributed by atoms with Gasteiger partial charge in [-0.05, 0) is 18.9 Å². The van der Waals surface area contributed by atoms with Crippen LogP contribution >= 0.6 is 0 Å². The van der Waals surface area contributed by atoms with Crippen LogP contribution in [0.3, 0.4) is 0 Å². The van der Waals surface area contributed by atoms with Crippen LogP contribution in [0.1, 0.15) is 29.7 Å². The van der Waals surface area contributed by atoms with Crippen molar-refractivity contribution in [2.75, 3.05) is 6.54 Å². The van der Waals surface area contributed by atoms with Crippen LogP contribution in [0.2, 0.25) is 0 Å². The number of fused-ring (bicyclic) bond motifs is 1. The summed E-state index contributed by atoms with van der Waals surface area (Å²) in [5.74, 6) is -1.13. The summed E-state index contributed by atoms with van der Waals surface area (Å²) in [7, 11) is 0. The van der Waals surface area contributed by atoms with Crippen molar-refractivity contribution in [1.29, 1.82) is 0 Å². The molecule has 0 saturated carbocycles. The van der Waals surface area contributed by atoms with Gasteiger partial charge in [0.2, 0.25) is 5.91 Å². The highest BCUT2D eigenvalue weighted by Gasteiger charge is 2.19. The lowest BCUT2D eigenvalue weighted by Crippen LogP contribution is -2.35. The van der Waals surface area contributed by atoms with Gasteiger partial charge in [-0.2, -0.15) is 0 Å². The van der Waals surface area contributed by atoms with E-state index in [1.54, 1.807) is 24.1 Å². The number of rotatable bonds is 8. The van der Waals surface area contributed by atoms with Gasteiger partial charge in [0.05, 0.1) is 6.42 Å². The summed E-state index contributed by atoms with van der Waals surface area (Å²) < 4.78 is 1.31. The molecule has 2 heterocycles. The van der Waals surface area contributed by atoms with Crippen LogP contribution in [0.4, 0.5) is 0 Å². The number of carboxylic acid groups (broad SMARTS) is 1. The van der Waals surface area contributed by atoms with E-state index in [-0.39, 0.29) is 24.3 Å². The van der Waals surface area contributed by atoms with Crippen LogP contribution in [-0.2, 0) is 22.6 Å². The van der Waals surface area contributed by atoms with Gasteiger partial charge in [0.25, 0.3) is 5.56 Å². The number of carboxylic acids is 1. The molecule has 28 heavy (non-hydrogen) atoms. The number of H-pyrrole nitrogens is 1. The molecule has 0 atom stereocenters. The number of carbonyl (C=O) groups is 2. The van der Waals surface area contributed by atoms with Crippen LogP contribution in [0.15, 0.2) is 47.4 Å². The summed E-state index contributed by atoms with van der Waals surface area (Å²) in [6.45, 7) is 2.37. The second-order valence-electron chi connectivity index (χ2n) is 6.61. The normalized spacial score (nSPS) is 10.9. The molecule has 2 N–H and O–H groups in total. The number of benzene rings is 1. The third kappa shape index (κ3) is 4.46. The maximum absolute atomic E-state index is 13.0. The number of nitrogens with one attached hydrogen (secondary N) is 1. The molecule has 0 aliphatic heterocycles. The van der Waals surface area contributed by atoms with Crippen LogP contribution in [0, 0.1) is 6.92 Å². The summed E-state index contributed by atoms with van der Waals surface area (Å²) in [5, 5.41) is 11.7. The molecule has 0 bridgehead atoms. The van der Waals surface area contributed by atoms with Gasteiger partial charge in [0.15, 0.2) is 5.65 Å². The average Bonchev–Trinajstić information content (AvgIpc) is 3.13. The lowest BCUT2D eigenvalue weighted by atomic mass is 10.1. The first-order valence-corrected chi connectivity index (χ1v) is 9.05. The van der Waals surface area contributed by atoms with Crippen molar-refractivity contribution < 1.29 is 14.7 Å². The van der Waals surface area contributed by atoms with Crippen LogP contribution in [0.5, 0.6) is 0 Å². The van der Waals surface area contributed by atoms with Gasteiger partial charge >= 0.3 is 5.97 Å². The molecule has 3 rings (SSSR count). The number of hydrogen-bond donors (Lipinski definition) is 2. The Hall–Kier alpha value is -3.42. The molecular weight excluding hydrogens is 360 g/mol. The van der Waals surface area contributed by atoms with Crippen molar-refractivity contribution in [2.24, 2.45) is 0 Å². The van der Waals surface area contributed by atoms with E-state index in [1.165, 1.54) is 4.52 Å². The van der Waals surface area contributed by atoms with Gasteiger partial charge in [-0.15, -0.1) is 0 Å². The van der Waals surface area contributed by atoms with Crippen molar-refractivity contribution in [2.45, 2.75) is 32.7 Å². The molecule has 3 aromatic rings. The third-order valence-corrected chi connectivity index (χ3v) is 4.56. The SMILES string of the molecule is Cc1nc2cc[nH]n2c(=O)c1CC(=O)N(CCCC(=O)O)Cc1ccccc1. The minimum atomic E-state index is -0.900. The van der Waals surface area contributed by atoms with Gasteiger partial charge in [0.1, 0.15) is 0 Å². The highest BCUT2D eigenvalue weighted by Crippen LogP contribution is 2.10. The van der Waals surface area contributed by atoms with Crippen LogP contribution < -0.4 is 5.56 Å². The Morgan fingerprint density at radius 2 is 1.96 bits per heavy atom. The number of hydrogen-bond acceptors (Lipinski definition) is 4. The standard InChI is InChI=1S/C20H22N4O4/c1-14-16(20(28)24-17(22-14)9-10-21-24)12-18(25)23(11-5-8-19(26)27)13-15-6-3-2-4-7-15/h2-4,6-7,9-10,21H,5,8,11-13H2,1H3,(H,26,27). The maximum atomic E-state index is 13.0. The van der Waals surface area contributed by atoms with E-state index >= 15 is 0 Å². The topological polar surface area (TPSA) is 108 Å². The quantitative estimate of drug-likeness (QED) is 0.617. The molecule has 0 radical (unpaired) electrons. The number of aryl methyl sites for hydroxylation is 1. The fraction of sp³-hybridized carbons (Fsp3) is 0.300. The smallest absolute Gasteiger partial charge is 0.303 e. The van der Waals surface area contributed by atoms with Crippen molar-refractivity contribution in [3.8, 4) is 0 Å². The molecule has 8 heteroatoms. The van der Waals surface area contributed by atoms with Gasteiger partial charge in [-0.25, -0.2) is 9.50 Å². The number of aromatic amines is 1. The maximum Gasteiger partial charge on any atom is 0.303 e. The zero-order valence-corrected chi connectivity index (χ0v) is 15.6. The lowest BCUT2D eigenvalue weighted by molar-refractivity contribution is -0.138. The second-order valence-corrected chi connectivity index (χ2v) is 6.61. The first kappa shape index (κ1) is 19.3. The summed E-state index contributed by atoms with van der Waals surface area (Å²) >= 11 is 0. The molecule has 8 nitrogen and oxygen atoms in total. The fourth-order valence-corrected chi connectivity index (χ4v) is 3.09. The number of aromatic nitrogens is 3. The number of aliphatic carboxylic acids is 1. The van der Waals surface area contributed by atoms with E-state index in [2.05, 4.69) is 10.1 Å². The number of amides is 1. The Labute approximate surface area is 161 Å². The van der Waals surface area contributed by atoms with Crippen molar-refractivity contribution >= 4 is 17.5 Å². The van der Waals surface area contributed by atoms with Gasteiger partial charge in [-0.3, -0.25) is 19.5 Å². The molecule has 0 saturated heterocycles. The zero-order valence-electron chi connectivity index (χ0n) is 15.6. The summed E-state index contributed by atoms with van der Waals surface area (Å²) in [4.78, 5) is 42.4. The Morgan fingerprint density at radius 3 is 2.68 bits per heavy atom. The van der Waals surface area contributed by atoms with E-state index in [0.717, 1.165) is 5.56 Å². The summed E-state index contributed by atoms with van der Waals surface area (Å²) in [5.41, 5.74) is 1.99. The first-order chi connectivity index (χ1) is 13.5. The molecule has 1 aromatic carbocycles. The molecule has 0 unspecified atom stereocenters. The second kappa shape index (κ2) is 8.51. The molecule has 0 fully saturated rings. The highest BCUT2D eigenvalue weighted by molar-refractivity contribution is 5.79. The van der Waals surface area contributed by atoms with Crippen molar-refractivity contribution in [1.82, 2.24) is 19.5 Å². The van der Waals surface area contributed by atoms with E-state index in [0.29, 0.717) is 36.4 Å². The highest BCUT2D eigenvalue weighted by atomic mass is 16.4. The third-order valence-electron chi connectivity index (χ3n) is 4.56. The average molecular weight is 382 g/mol. The minimum Gasteiger partial charge on any atom is -0.481 e. The van der Waals surface area contributed by atoms with Crippen molar-refractivity contribution in [3.63, 3.8) is 0 Å². The summed E-state index contributed by atoms with van der Waals surface area (Å²) in [6, 6.07) is 11.2. The van der Waals surface area contributed by atoms with E-state index in [9.17, 15) is 14.4 Å². The Bertz CT molecular complexity index is 1040. The molecule has 0 spiro atoms. The number of carbonyl (C=O) groups excluding carboxylic acids is 1. The van der Waals surface area contributed by atoms with Gasteiger partial charge in [0, 0.05) is 43.0 Å². The van der Waals surface area contributed by atoms with Crippen LogP contribution in [-0.4, -0.2) is 43.0 Å². The van der Waals surface area contributed by atoms with Crippen LogP contribution in [0.25, 0.3) is 5.65 Å². The predicted octanol–water partition coefficient (Wildman–Crippen LogP) is 1.77. The van der Waals surface area contributed by atoms with E-state index in [4.69, 9.17) is 5.11 Å². The van der Waals surface area contributed by atoms with Gasteiger partial charge < -0.3 is 10.0 Å². The minimum absolute atomic E-state index is 0.0176. The van der Waals surface area contributed by atoms with Crippen molar-refractivity contribution in [3.05, 3.63) is 69.8 Å². The molecule has 2 aromatic heterocycles. The van der Waals surface area contributed by atoms with E-state index < -0.39 is 5.97 Å². The molecular formula is C20H22N4O4. The Morgan fingerprint density at radius 1 is 1.21 bits per heavy atom. The monoisotopic (exact) mass is 382 g/mol. The first-order valence-electron chi connectivity index (χ1n) is 9.05. The Kier molecular flexibility index (Phi) is 5.88. The molecule has 146 valence electrons. The number of nitrogens with zero attached hydrogens (tertiary/aromatic N) is 3. The molecule has 0 aliphatic rings. The summed E-state index contributed by atoms with van der Waals surface area (Å²) in [6.07, 6.45) is 1.86. The lowest BCUT2D eigenvalue weighted by Gasteiger charge is -2.23. The largest absolute Gasteiger partial charge is 0.481 e. The van der Waals surface area contributed by atoms with Gasteiger partial charge in [-0.1, -0.05) is 30.3 Å². The molecule has 0 aliphatic carbocycles. The molecule has 1 amide bonds. The fourth-order valence-electron chi connectivity index (χ4n) is 3.09.